The van der Waals surface area contributed by atoms with E-state index in [4.69, 9.17) is 5.53 Å². The van der Waals surface area contributed by atoms with Crippen LogP contribution in [0.15, 0.2) is 41.8 Å². The van der Waals surface area contributed by atoms with Gasteiger partial charge < -0.3 is 0 Å². The number of hydrogen-bond donors (Lipinski definition) is 0. The molecule has 17 heavy (non-hydrogen) atoms. The first-order valence-corrected chi connectivity index (χ1v) is 5.24. The van der Waals surface area contributed by atoms with Gasteiger partial charge in [0.2, 0.25) is 0 Å². The lowest BCUT2D eigenvalue weighted by atomic mass is 10.1. The lowest BCUT2D eigenvalue weighted by Gasteiger charge is -1.98. The molecule has 82 valence electrons. The number of azide groups is 1. The Morgan fingerprint density at radius 2 is 2.29 bits per heavy atom. The Kier molecular flexibility index (Phi) is 3.59. The highest BCUT2D eigenvalue weighted by Gasteiger charge is 1.96. The summed E-state index contributed by atoms with van der Waals surface area (Å²) in [7, 11) is 0. The summed E-state index contributed by atoms with van der Waals surface area (Å²) in [5, 5.41) is 5.61. The van der Waals surface area contributed by atoms with Crippen molar-refractivity contribution in [3.63, 3.8) is 0 Å². The van der Waals surface area contributed by atoms with Gasteiger partial charge >= 0.3 is 0 Å². The van der Waals surface area contributed by atoms with Crippen molar-refractivity contribution in [3.05, 3.63) is 52.7 Å². The molecule has 0 N–H and O–H groups in total. The SMILES string of the molecule is [N-]=[N+]=NCCC#Cc1cccc2ccncc12. The second kappa shape index (κ2) is 5.55. The zero-order valence-corrected chi connectivity index (χ0v) is 9.17. The highest BCUT2D eigenvalue weighted by Crippen LogP contribution is 2.16. The van der Waals surface area contributed by atoms with Gasteiger partial charge in [0, 0.05) is 41.2 Å². The molecular weight excluding hydrogens is 212 g/mol. The van der Waals surface area contributed by atoms with Gasteiger partial charge in [-0.05, 0) is 23.1 Å². The second-order valence-corrected chi connectivity index (χ2v) is 3.41. The maximum atomic E-state index is 8.13. The molecule has 0 bridgehead atoms. The van der Waals surface area contributed by atoms with Crippen molar-refractivity contribution in [3.8, 4) is 11.8 Å². The Bertz CT molecular complexity index is 625. The number of fused-ring (bicyclic) bond motifs is 1. The van der Waals surface area contributed by atoms with E-state index in [1.807, 2.05) is 30.5 Å². The zero-order valence-electron chi connectivity index (χ0n) is 9.17. The van der Waals surface area contributed by atoms with Crippen LogP contribution in [0.25, 0.3) is 21.2 Å². The van der Waals surface area contributed by atoms with Crippen molar-refractivity contribution in [1.82, 2.24) is 4.98 Å². The number of pyridine rings is 1. The summed E-state index contributed by atoms with van der Waals surface area (Å²) in [5.41, 5.74) is 9.08. The van der Waals surface area contributed by atoms with E-state index in [1.54, 1.807) is 6.20 Å². The Hall–Kier alpha value is -2.50. The lowest BCUT2D eigenvalue weighted by molar-refractivity contribution is 1.01. The van der Waals surface area contributed by atoms with E-state index < -0.39 is 0 Å². The fourth-order valence-corrected chi connectivity index (χ4v) is 1.53. The zero-order chi connectivity index (χ0) is 11.9. The van der Waals surface area contributed by atoms with Crippen LogP contribution in [0.1, 0.15) is 12.0 Å². The molecule has 0 unspecified atom stereocenters. The monoisotopic (exact) mass is 222 g/mol. The summed E-state index contributed by atoms with van der Waals surface area (Å²) in [5.74, 6) is 6.06. The third kappa shape index (κ3) is 2.75. The molecule has 0 saturated carbocycles. The third-order valence-electron chi connectivity index (χ3n) is 2.31. The van der Waals surface area contributed by atoms with Crippen LogP contribution in [0, 0.1) is 11.8 Å². The smallest absolute Gasteiger partial charge is 0.0367 e. The van der Waals surface area contributed by atoms with Crippen LogP contribution >= 0.6 is 0 Å². The molecule has 0 aliphatic heterocycles. The first-order chi connectivity index (χ1) is 8.42. The molecule has 0 amide bonds. The maximum absolute atomic E-state index is 8.13. The predicted octanol–water partition coefficient (Wildman–Crippen LogP) is 3.29. The Balaban J connectivity index is 2.26. The van der Waals surface area contributed by atoms with Gasteiger partial charge in [-0.15, -0.1) is 0 Å². The van der Waals surface area contributed by atoms with Gasteiger partial charge in [-0.2, -0.15) is 0 Å². The van der Waals surface area contributed by atoms with Crippen LogP contribution in [0.5, 0.6) is 0 Å². The van der Waals surface area contributed by atoms with Crippen LogP contribution in [0.4, 0.5) is 0 Å². The molecule has 0 radical (unpaired) electrons. The topological polar surface area (TPSA) is 61.7 Å². The van der Waals surface area contributed by atoms with E-state index in [-0.39, 0.29) is 0 Å². The van der Waals surface area contributed by atoms with Crippen LogP contribution in [0.2, 0.25) is 0 Å². The molecule has 4 nitrogen and oxygen atoms in total. The van der Waals surface area contributed by atoms with Crippen LogP contribution in [-0.2, 0) is 0 Å². The van der Waals surface area contributed by atoms with Crippen molar-refractivity contribution in [1.29, 1.82) is 0 Å². The van der Waals surface area contributed by atoms with Crippen molar-refractivity contribution >= 4 is 10.8 Å². The van der Waals surface area contributed by atoms with Crippen LogP contribution < -0.4 is 0 Å². The first-order valence-electron chi connectivity index (χ1n) is 5.24. The molecular formula is C13H10N4. The van der Waals surface area contributed by atoms with Gasteiger partial charge in [-0.1, -0.05) is 29.1 Å². The van der Waals surface area contributed by atoms with E-state index in [2.05, 4.69) is 26.9 Å². The van der Waals surface area contributed by atoms with E-state index in [0.717, 1.165) is 16.3 Å². The molecule has 0 spiro atoms. The quantitative estimate of drug-likeness (QED) is 0.253. The summed E-state index contributed by atoms with van der Waals surface area (Å²) in [6.45, 7) is 0.409. The molecule has 2 aromatic rings. The minimum atomic E-state index is 0.409. The second-order valence-electron chi connectivity index (χ2n) is 3.41. The molecule has 0 atom stereocenters. The molecule has 1 aromatic carbocycles. The normalized spacial score (nSPS) is 9.18. The lowest BCUT2D eigenvalue weighted by Crippen LogP contribution is -1.81. The fourth-order valence-electron chi connectivity index (χ4n) is 1.53. The molecule has 0 aliphatic rings. The highest BCUT2D eigenvalue weighted by molar-refractivity contribution is 5.87. The minimum Gasteiger partial charge on any atom is -0.264 e. The summed E-state index contributed by atoms with van der Waals surface area (Å²) in [6.07, 6.45) is 4.15. The maximum Gasteiger partial charge on any atom is 0.0367 e. The van der Waals surface area contributed by atoms with Crippen molar-refractivity contribution < 1.29 is 0 Å². The van der Waals surface area contributed by atoms with Crippen LogP contribution in [0.3, 0.4) is 0 Å². The number of rotatable bonds is 2. The molecule has 1 heterocycles. The average Bonchev–Trinajstić information content (AvgIpc) is 2.39. The number of nitrogens with zero attached hydrogens (tertiary/aromatic N) is 4. The van der Waals surface area contributed by atoms with Gasteiger partial charge in [0.25, 0.3) is 0 Å². The number of hydrogen-bond acceptors (Lipinski definition) is 2. The third-order valence-corrected chi connectivity index (χ3v) is 2.31. The Morgan fingerprint density at radius 3 is 3.18 bits per heavy atom. The largest absolute Gasteiger partial charge is 0.264 e. The van der Waals surface area contributed by atoms with E-state index in [9.17, 15) is 0 Å². The summed E-state index contributed by atoms with van der Waals surface area (Å²) < 4.78 is 0. The Morgan fingerprint density at radius 1 is 1.35 bits per heavy atom. The highest BCUT2D eigenvalue weighted by atomic mass is 15.1. The summed E-state index contributed by atoms with van der Waals surface area (Å²) in [6, 6.07) is 7.92. The fraction of sp³-hybridized carbons (Fsp3) is 0.154. The standard InChI is InChI=1S/C13H10N4/c14-17-16-8-2-1-4-11-5-3-6-12-7-9-15-10-13(11)12/h3,5-7,9-10H,2,8H2. The molecule has 0 aliphatic carbocycles. The summed E-state index contributed by atoms with van der Waals surface area (Å²) >= 11 is 0. The first kappa shape index (κ1) is 11.0. The van der Waals surface area contributed by atoms with E-state index in [1.165, 1.54) is 0 Å². The van der Waals surface area contributed by atoms with Crippen molar-refractivity contribution in [2.24, 2.45) is 5.11 Å². The van der Waals surface area contributed by atoms with E-state index in [0.29, 0.717) is 13.0 Å². The minimum absolute atomic E-state index is 0.409. The van der Waals surface area contributed by atoms with Gasteiger partial charge in [0.05, 0.1) is 0 Å². The molecule has 2 rings (SSSR count). The van der Waals surface area contributed by atoms with Gasteiger partial charge in [0.15, 0.2) is 0 Å². The van der Waals surface area contributed by atoms with Crippen LogP contribution in [-0.4, -0.2) is 11.5 Å². The van der Waals surface area contributed by atoms with E-state index >= 15 is 0 Å². The van der Waals surface area contributed by atoms with Crippen molar-refractivity contribution in [2.45, 2.75) is 6.42 Å². The molecule has 4 heteroatoms. The molecule has 1 aromatic heterocycles. The molecule has 0 saturated heterocycles. The summed E-state index contributed by atoms with van der Waals surface area (Å²) in [4.78, 5) is 6.77. The molecule has 0 fully saturated rings. The predicted molar refractivity (Wildman–Crippen MR) is 67.3 cm³/mol. The van der Waals surface area contributed by atoms with Gasteiger partial charge in [-0.3, -0.25) is 4.98 Å². The average molecular weight is 222 g/mol. The van der Waals surface area contributed by atoms with Crippen molar-refractivity contribution in [2.75, 3.05) is 6.54 Å². The van der Waals surface area contributed by atoms with Gasteiger partial charge in [0.1, 0.15) is 0 Å². The number of aromatic nitrogens is 1. The Labute approximate surface area is 98.9 Å². The van der Waals surface area contributed by atoms with Gasteiger partial charge in [-0.25, -0.2) is 0 Å². The number of benzene rings is 1.